The van der Waals surface area contributed by atoms with E-state index in [0.29, 0.717) is 0.831 Å². The molecule has 0 aliphatic heterocycles. The van der Waals surface area contributed by atoms with Crippen molar-refractivity contribution in [2.75, 3.05) is 0 Å². The van der Waals surface area contributed by atoms with Crippen LogP contribution in [0.1, 0.15) is 149 Å². The molecule has 0 bridgehead atoms. The van der Waals surface area contributed by atoms with E-state index in [1.54, 1.807) is 38.8 Å². The van der Waals surface area contributed by atoms with Gasteiger partial charge in [0.1, 0.15) is 0 Å². The monoisotopic (exact) mass is 736 g/mol. The number of rotatable bonds is 18. The molecule has 236 valence electrons. The Morgan fingerprint density at radius 1 is 0.512 bits per heavy atom. The molecule has 0 spiro atoms. The molecular formula is C41H64Zr2. The summed E-state index contributed by atoms with van der Waals surface area (Å²) in [6, 6.07) is 19.4. The van der Waals surface area contributed by atoms with Crippen LogP contribution in [0.3, 0.4) is 0 Å². The Bertz CT molecular complexity index is 1140. The molecule has 2 aliphatic rings. The molecule has 0 saturated carbocycles. The van der Waals surface area contributed by atoms with E-state index in [1.807, 2.05) is 11.1 Å². The molecule has 2 unspecified atom stereocenters. The van der Waals surface area contributed by atoms with E-state index in [0.717, 1.165) is 7.25 Å². The fraction of sp³-hybridized carbons (Fsp3) is 0.610. The van der Waals surface area contributed by atoms with E-state index in [4.69, 9.17) is 0 Å². The molecule has 2 aliphatic carbocycles. The van der Waals surface area contributed by atoms with Crippen molar-refractivity contribution in [1.29, 1.82) is 0 Å². The average molecular weight is 739 g/mol. The molecule has 0 amide bonds. The third kappa shape index (κ3) is 6.61. The normalized spacial score (nSPS) is 18.4. The fourth-order valence-corrected chi connectivity index (χ4v) is 70.8. The molecule has 0 aromatic heterocycles. The number of hydrogen-bond acceptors (Lipinski definition) is 0. The van der Waals surface area contributed by atoms with Gasteiger partial charge in [-0.15, -0.1) is 0 Å². The van der Waals surface area contributed by atoms with Gasteiger partial charge in [-0.3, -0.25) is 0 Å². The van der Waals surface area contributed by atoms with Gasteiger partial charge in [-0.05, 0) is 0 Å². The summed E-state index contributed by atoms with van der Waals surface area (Å²) in [6.45, 7) is 20.8. The minimum atomic E-state index is -3.08. The van der Waals surface area contributed by atoms with Crippen LogP contribution < -0.4 is 0 Å². The number of allylic oxidation sites excluding steroid dienone is 2. The van der Waals surface area contributed by atoms with Crippen LogP contribution in [0.5, 0.6) is 0 Å². The molecule has 0 nitrogen and oxygen atoms in total. The van der Waals surface area contributed by atoms with Crippen LogP contribution >= 0.6 is 0 Å². The molecule has 0 saturated heterocycles. The molecule has 2 aromatic rings. The predicted octanol–water partition coefficient (Wildman–Crippen LogP) is 14.4. The second-order valence-electron chi connectivity index (χ2n) is 14.6. The van der Waals surface area contributed by atoms with E-state index >= 15 is 0 Å². The second-order valence-corrected chi connectivity index (χ2v) is 42.9. The zero-order valence-corrected chi connectivity index (χ0v) is 34.2. The van der Waals surface area contributed by atoms with Crippen LogP contribution in [-0.4, -0.2) is 0 Å². The predicted molar refractivity (Wildman–Crippen MR) is 188 cm³/mol. The van der Waals surface area contributed by atoms with Crippen LogP contribution in [0.2, 0.25) is 17.3 Å². The van der Waals surface area contributed by atoms with E-state index in [-0.39, 0.29) is 0 Å². The van der Waals surface area contributed by atoms with Gasteiger partial charge < -0.3 is 0 Å². The van der Waals surface area contributed by atoms with Crippen LogP contribution in [0.25, 0.3) is 12.2 Å². The van der Waals surface area contributed by atoms with Gasteiger partial charge in [0, 0.05) is 0 Å². The van der Waals surface area contributed by atoms with Crippen molar-refractivity contribution in [2.45, 2.75) is 144 Å². The van der Waals surface area contributed by atoms with Crippen molar-refractivity contribution in [3.8, 4) is 0 Å². The van der Waals surface area contributed by atoms with Gasteiger partial charge in [0.2, 0.25) is 0 Å². The third-order valence-electron chi connectivity index (χ3n) is 12.4. The summed E-state index contributed by atoms with van der Waals surface area (Å²) in [6.07, 6.45) is 19.0. The van der Waals surface area contributed by atoms with Gasteiger partial charge in [0.25, 0.3) is 0 Å². The average Bonchev–Trinajstić information content (AvgIpc) is 3.60. The first kappa shape index (κ1) is 35.5. The summed E-state index contributed by atoms with van der Waals surface area (Å²) in [5.41, 5.74) is 10.3. The summed E-state index contributed by atoms with van der Waals surface area (Å²) in [7, 11) is 0. The van der Waals surface area contributed by atoms with Crippen molar-refractivity contribution in [1.82, 2.24) is 0 Å². The van der Waals surface area contributed by atoms with Gasteiger partial charge in [-0.1, -0.05) is 0 Å². The van der Waals surface area contributed by atoms with Gasteiger partial charge in [0.15, 0.2) is 0 Å². The van der Waals surface area contributed by atoms with Crippen LogP contribution in [-0.2, 0) is 40.5 Å². The summed E-state index contributed by atoms with van der Waals surface area (Å²) < 4.78 is 8.44. The van der Waals surface area contributed by atoms with E-state index in [2.05, 4.69) is 116 Å². The number of unbranched alkanes of at least 4 members (excludes halogenated alkanes) is 4. The quantitative estimate of drug-likeness (QED) is 0.143. The van der Waals surface area contributed by atoms with Crippen LogP contribution in [0.4, 0.5) is 0 Å². The van der Waals surface area contributed by atoms with E-state index < -0.39 is 40.5 Å². The Morgan fingerprint density at radius 3 is 1.14 bits per heavy atom. The van der Waals surface area contributed by atoms with E-state index in [9.17, 15) is 0 Å². The molecule has 4 rings (SSSR count). The first-order chi connectivity index (χ1) is 20.8. The first-order valence-electron chi connectivity index (χ1n) is 18.4. The Labute approximate surface area is 276 Å². The summed E-state index contributed by atoms with van der Waals surface area (Å²) in [5, 5.41) is 0. The minimum absolute atomic E-state index is 0.546. The van der Waals surface area contributed by atoms with Gasteiger partial charge in [0.05, 0.1) is 0 Å². The Balaban J connectivity index is 2.07. The number of hydrogen-bond donors (Lipinski definition) is 0. The number of benzene rings is 2. The summed E-state index contributed by atoms with van der Waals surface area (Å²) >= 11 is -6.15. The molecule has 2 heteroatoms. The van der Waals surface area contributed by atoms with Crippen molar-refractivity contribution < 1.29 is 40.5 Å². The van der Waals surface area contributed by atoms with Crippen LogP contribution in [0.15, 0.2) is 59.7 Å². The SMILES string of the molecule is CCC[CH2][Zr]([CH2]CCC)([CH]1C(CC)=Cc2ccccc21)[C](C)(C)[Zr]([CH2]CCC)([CH2]CCC)[CH]1C(CC)=Cc2ccccc21. The van der Waals surface area contributed by atoms with Gasteiger partial charge in [-0.25, -0.2) is 0 Å². The van der Waals surface area contributed by atoms with Crippen LogP contribution in [0, 0.1) is 0 Å². The second kappa shape index (κ2) is 16.0. The van der Waals surface area contributed by atoms with Crippen molar-refractivity contribution in [3.63, 3.8) is 0 Å². The summed E-state index contributed by atoms with van der Waals surface area (Å²) in [5.74, 6) is 0. The maximum atomic E-state index is 2.98. The van der Waals surface area contributed by atoms with Gasteiger partial charge in [-0.2, -0.15) is 0 Å². The van der Waals surface area contributed by atoms with Crippen molar-refractivity contribution in [2.24, 2.45) is 0 Å². The molecular weight excluding hydrogens is 675 g/mol. The maximum absolute atomic E-state index is 3.08. The Kier molecular flexibility index (Phi) is 13.2. The molecule has 0 N–H and O–H groups in total. The standard InChI is InChI=1S/2C11H11.4C4H9.C3H6.2Zr/c2*1-2-9-7-10-5-3-4-6-11(10)8-9;4*1-3-4-2;1-3-2;;/h2*3-8H,2H2,1H3;4*1,3-4H2,2H3;1-2H3;;. The molecule has 2 atom stereocenters. The molecule has 43 heavy (non-hydrogen) atoms. The van der Waals surface area contributed by atoms with Gasteiger partial charge >= 0.3 is 279 Å². The summed E-state index contributed by atoms with van der Waals surface area (Å²) in [4.78, 5) is 0. The molecule has 0 radical (unpaired) electrons. The Hall–Kier alpha value is -0.314. The number of fused-ring (bicyclic) bond motifs is 2. The fourth-order valence-electron chi connectivity index (χ4n) is 9.96. The molecule has 0 fully saturated rings. The van der Waals surface area contributed by atoms with E-state index in [1.165, 1.54) is 64.2 Å². The zero-order chi connectivity index (χ0) is 31.1. The van der Waals surface area contributed by atoms with Crippen molar-refractivity contribution in [3.05, 3.63) is 81.9 Å². The molecule has 2 aromatic carbocycles. The van der Waals surface area contributed by atoms with Crippen molar-refractivity contribution >= 4 is 12.2 Å². The molecule has 0 heterocycles. The zero-order valence-electron chi connectivity index (χ0n) is 29.3. The first-order valence-corrected chi connectivity index (χ1v) is 30.7. The Morgan fingerprint density at radius 2 is 0.837 bits per heavy atom. The third-order valence-corrected chi connectivity index (χ3v) is 60.1. The topological polar surface area (TPSA) is 0 Å².